The molecule has 0 spiro atoms. The van der Waals surface area contributed by atoms with Crippen molar-refractivity contribution in [1.29, 1.82) is 0 Å². The van der Waals surface area contributed by atoms with Crippen molar-refractivity contribution in [3.8, 4) is 0 Å². The van der Waals surface area contributed by atoms with Crippen LogP contribution in [0.1, 0.15) is 25.3 Å². The Morgan fingerprint density at radius 2 is 2.25 bits per heavy atom. The number of rotatable bonds is 2. The highest BCUT2D eigenvalue weighted by Gasteiger charge is 2.24. The normalized spacial score (nSPS) is 15.6. The molecule has 0 saturated carbocycles. The minimum Gasteiger partial charge on any atom is -0.310 e. The molecule has 84 valence electrons. The summed E-state index contributed by atoms with van der Waals surface area (Å²) in [6.07, 6.45) is 1.32. The van der Waals surface area contributed by atoms with E-state index >= 15 is 0 Å². The van der Waals surface area contributed by atoms with Crippen molar-refractivity contribution in [3.05, 3.63) is 36.2 Å². The van der Waals surface area contributed by atoms with Crippen molar-refractivity contribution < 1.29 is 9.18 Å². The maximum absolute atomic E-state index is 13.8. The average Bonchev–Trinajstić information content (AvgIpc) is 2.64. The van der Waals surface area contributed by atoms with Crippen molar-refractivity contribution in [2.45, 2.75) is 19.8 Å². The summed E-state index contributed by atoms with van der Waals surface area (Å²) in [5.74, 6) is -0.349. The molecule has 0 aromatic heterocycles. The van der Waals surface area contributed by atoms with Crippen LogP contribution in [0, 0.1) is 5.82 Å². The van der Waals surface area contributed by atoms with Gasteiger partial charge in [0.25, 0.3) is 0 Å². The molecule has 2 nitrogen and oxygen atoms in total. The molecule has 0 aliphatic carbocycles. The van der Waals surface area contributed by atoms with Gasteiger partial charge in [-0.1, -0.05) is 18.2 Å². The molecule has 1 aliphatic rings. The third-order valence-corrected chi connectivity index (χ3v) is 2.80. The van der Waals surface area contributed by atoms with Crippen LogP contribution in [0.2, 0.25) is 0 Å². The van der Waals surface area contributed by atoms with Gasteiger partial charge in [0.05, 0.1) is 5.69 Å². The van der Waals surface area contributed by atoms with Crippen LogP contribution in [0.4, 0.5) is 10.1 Å². The van der Waals surface area contributed by atoms with Crippen LogP contribution in [0.3, 0.4) is 0 Å². The molecular formula is C13H14FNO. The van der Waals surface area contributed by atoms with Crippen molar-refractivity contribution in [3.63, 3.8) is 0 Å². The van der Waals surface area contributed by atoms with E-state index in [1.54, 1.807) is 12.1 Å². The fourth-order valence-corrected chi connectivity index (χ4v) is 1.89. The molecule has 1 amide bonds. The van der Waals surface area contributed by atoms with Gasteiger partial charge in [-0.05, 0) is 31.0 Å². The molecule has 16 heavy (non-hydrogen) atoms. The van der Waals surface area contributed by atoms with Gasteiger partial charge in [0.15, 0.2) is 0 Å². The second-order valence-corrected chi connectivity index (χ2v) is 4.10. The Balaban J connectivity index is 2.36. The first kappa shape index (κ1) is 10.9. The molecule has 0 radical (unpaired) electrons. The number of carbonyl (C=O) groups excluding carboxylic acids is 1. The van der Waals surface area contributed by atoms with Crippen LogP contribution in [0.25, 0.3) is 5.57 Å². The van der Waals surface area contributed by atoms with Gasteiger partial charge in [0.2, 0.25) is 5.91 Å². The molecule has 0 bridgehead atoms. The highest BCUT2D eigenvalue weighted by Crippen LogP contribution is 2.26. The second kappa shape index (κ2) is 4.08. The summed E-state index contributed by atoms with van der Waals surface area (Å²) in [7, 11) is 0. The van der Waals surface area contributed by atoms with Crippen LogP contribution >= 0.6 is 0 Å². The number of benzene rings is 1. The number of hydrogen-bond acceptors (Lipinski definition) is 1. The summed E-state index contributed by atoms with van der Waals surface area (Å²) >= 11 is 0. The fourth-order valence-electron chi connectivity index (χ4n) is 1.89. The summed E-state index contributed by atoms with van der Waals surface area (Å²) in [6.45, 7) is 6.20. The number of anilines is 1. The van der Waals surface area contributed by atoms with Gasteiger partial charge in [0, 0.05) is 13.0 Å². The van der Waals surface area contributed by atoms with Crippen LogP contribution < -0.4 is 4.90 Å². The first-order valence-electron chi connectivity index (χ1n) is 5.35. The van der Waals surface area contributed by atoms with Crippen molar-refractivity contribution >= 4 is 17.2 Å². The Morgan fingerprint density at radius 3 is 2.75 bits per heavy atom. The predicted octanol–water partition coefficient (Wildman–Crippen LogP) is 2.99. The minimum atomic E-state index is -0.351. The molecule has 0 N–H and O–H groups in total. The Hall–Kier alpha value is -1.64. The lowest BCUT2D eigenvalue weighted by Gasteiger charge is -2.17. The Kier molecular flexibility index (Phi) is 2.77. The minimum absolute atomic E-state index is 0.00183. The summed E-state index contributed by atoms with van der Waals surface area (Å²) in [5.41, 5.74) is 1.97. The highest BCUT2D eigenvalue weighted by atomic mass is 19.1. The number of hydrogen-bond donors (Lipinski definition) is 0. The molecule has 3 heteroatoms. The number of amides is 1. The van der Waals surface area contributed by atoms with E-state index in [4.69, 9.17) is 0 Å². The van der Waals surface area contributed by atoms with Gasteiger partial charge >= 0.3 is 0 Å². The zero-order valence-corrected chi connectivity index (χ0v) is 9.29. The molecule has 2 rings (SSSR count). The summed E-state index contributed by atoms with van der Waals surface area (Å²) in [6, 6.07) is 4.89. The lowest BCUT2D eigenvalue weighted by molar-refractivity contribution is -0.117. The van der Waals surface area contributed by atoms with E-state index in [2.05, 4.69) is 6.58 Å². The molecule has 0 atom stereocenters. The lowest BCUT2D eigenvalue weighted by atomic mass is 10.1. The second-order valence-electron chi connectivity index (χ2n) is 4.10. The van der Waals surface area contributed by atoms with Crippen molar-refractivity contribution in [2.75, 3.05) is 11.4 Å². The quantitative estimate of drug-likeness (QED) is 0.748. The van der Waals surface area contributed by atoms with E-state index in [0.717, 1.165) is 17.6 Å². The van der Waals surface area contributed by atoms with Gasteiger partial charge < -0.3 is 4.90 Å². The third kappa shape index (κ3) is 1.85. The Labute approximate surface area is 94.4 Å². The predicted molar refractivity (Wildman–Crippen MR) is 62.7 cm³/mol. The summed E-state index contributed by atoms with van der Waals surface area (Å²) in [4.78, 5) is 13.0. The maximum atomic E-state index is 13.8. The first-order valence-corrected chi connectivity index (χ1v) is 5.35. The lowest BCUT2D eigenvalue weighted by Crippen LogP contribution is -2.24. The van der Waals surface area contributed by atoms with E-state index in [0.29, 0.717) is 18.7 Å². The van der Waals surface area contributed by atoms with Gasteiger partial charge in [-0.15, -0.1) is 0 Å². The van der Waals surface area contributed by atoms with E-state index in [1.165, 1.54) is 11.0 Å². The van der Waals surface area contributed by atoms with Gasteiger partial charge in [-0.25, -0.2) is 4.39 Å². The first-order chi connectivity index (χ1) is 7.59. The van der Waals surface area contributed by atoms with E-state index in [-0.39, 0.29) is 11.7 Å². The summed E-state index contributed by atoms with van der Waals surface area (Å²) in [5, 5.41) is 0. The molecule has 1 heterocycles. The molecule has 1 aliphatic heterocycles. The third-order valence-electron chi connectivity index (χ3n) is 2.80. The molecule has 1 fully saturated rings. The van der Waals surface area contributed by atoms with Crippen LogP contribution in [0.15, 0.2) is 24.8 Å². The van der Waals surface area contributed by atoms with Crippen molar-refractivity contribution in [2.24, 2.45) is 0 Å². The summed E-state index contributed by atoms with van der Waals surface area (Å²) < 4.78 is 13.8. The standard InChI is InChI=1S/C13H14FNO/c1-9(2)10-5-6-12(11(14)8-10)15-7-3-4-13(15)16/h5-6,8H,1,3-4,7H2,2H3. The average molecular weight is 219 g/mol. The van der Waals surface area contributed by atoms with Gasteiger partial charge in [-0.3, -0.25) is 4.79 Å². The molecule has 1 aromatic rings. The molecular weight excluding hydrogens is 205 g/mol. The Bertz CT molecular complexity index is 453. The fraction of sp³-hybridized carbons (Fsp3) is 0.308. The molecule has 1 saturated heterocycles. The molecule has 0 unspecified atom stereocenters. The van der Waals surface area contributed by atoms with Gasteiger partial charge in [-0.2, -0.15) is 0 Å². The zero-order valence-electron chi connectivity index (χ0n) is 9.29. The SMILES string of the molecule is C=C(C)c1ccc(N2CCCC2=O)c(F)c1. The Morgan fingerprint density at radius 1 is 1.50 bits per heavy atom. The van der Waals surface area contributed by atoms with E-state index in [1.807, 2.05) is 6.92 Å². The number of halogens is 1. The molecule has 1 aromatic carbocycles. The smallest absolute Gasteiger partial charge is 0.227 e. The van der Waals surface area contributed by atoms with Gasteiger partial charge in [0.1, 0.15) is 5.82 Å². The number of carbonyl (C=O) groups is 1. The van der Waals surface area contributed by atoms with E-state index in [9.17, 15) is 9.18 Å². The topological polar surface area (TPSA) is 20.3 Å². The number of nitrogens with zero attached hydrogens (tertiary/aromatic N) is 1. The van der Waals surface area contributed by atoms with E-state index < -0.39 is 0 Å². The number of allylic oxidation sites excluding steroid dienone is 1. The van der Waals surface area contributed by atoms with Crippen LogP contribution in [-0.4, -0.2) is 12.5 Å². The van der Waals surface area contributed by atoms with Crippen LogP contribution in [-0.2, 0) is 4.79 Å². The largest absolute Gasteiger partial charge is 0.310 e. The van der Waals surface area contributed by atoms with Crippen LogP contribution in [0.5, 0.6) is 0 Å². The maximum Gasteiger partial charge on any atom is 0.227 e. The zero-order chi connectivity index (χ0) is 11.7. The highest BCUT2D eigenvalue weighted by molar-refractivity contribution is 5.95. The monoisotopic (exact) mass is 219 g/mol. The van der Waals surface area contributed by atoms with Crippen molar-refractivity contribution in [1.82, 2.24) is 0 Å².